The number of rotatable bonds is 6. The largest absolute Gasteiger partial charge is 0.319 e. The van der Waals surface area contributed by atoms with Crippen LogP contribution in [-0.4, -0.2) is 56.9 Å². The van der Waals surface area contributed by atoms with Gasteiger partial charge in [0.25, 0.3) is 0 Å². The maximum atomic E-state index is 12.0. The summed E-state index contributed by atoms with van der Waals surface area (Å²) in [6.45, 7) is 8.77. The van der Waals surface area contributed by atoms with Gasteiger partial charge in [0.05, 0.1) is 12.2 Å². The molecule has 2 aliphatic rings. The Kier molecular flexibility index (Phi) is 4.34. The van der Waals surface area contributed by atoms with Crippen LogP contribution in [0.1, 0.15) is 25.0 Å². The Bertz CT molecular complexity index is 506. The van der Waals surface area contributed by atoms with E-state index in [2.05, 4.69) is 21.8 Å². The summed E-state index contributed by atoms with van der Waals surface area (Å²) in [6, 6.07) is 0. The summed E-state index contributed by atoms with van der Waals surface area (Å²) in [5, 5.41) is 8.39. The molecule has 3 heterocycles. The molecule has 1 unspecified atom stereocenters. The summed E-state index contributed by atoms with van der Waals surface area (Å²) < 4.78 is 1.90. The number of hydrogen-bond donors (Lipinski definition) is 0. The highest BCUT2D eigenvalue weighted by atomic mass is 16.2. The number of nitrogens with zero attached hydrogens (tertiary/aromatic N) is 5. The minimum Gasteiger partial charge on any atom is -0.319 e. The van der Waals surface area contributed by atoms with Gasteiger partial charge in [-0.1, -0.05) is 11.8 Å². The Morgan fingerprint density at radius 2 is 2.10 bits per heavy atom. The van der Waals surface area contributed by atoms with E-state index in [-0.39, 0.29) is 11.8 Å². The van der Waals surface area contributed by atoms with Gasteiger partial charge in [-0.3, -0.25) is 9.48 Å². The van der Waals surface area contributed by atoms with E-state index < -0.39 is 0 Å². The molecule has 0 aliphatic carbocycles. The number of amides is 1. The molecule has 0 N–H and O–H groups in total. The predicted octanol–water partition coefficient (Wildman–Crippen LogP) is 0.908. The second-order valence-electron chi connectivity index (χ2n) is 5.93. The molecular weight excluding hydrogens is 266 g/mol. The van der Waals surface area contributed by atoms with Gasteiger partial charge in [0.1, 0.15) is 0 Å². The highest BCUT2D eigenvalue weighted by Gasteiger charge is 2.30. The first-order valence-corrected chi connectivity index (χ1v) is 7.80. The topological polar surface area (TPSA) is 54.3 Å². The minimum atomic E-state index is 0.0340. The smallest absolute Gasteiger partial charge is 0.230 e. The normalized spacial score (nSPS) is 23.1. The summed E-state index contributed by atoms with van der Waals surface area (Å²) in [4.78, 5) is 16.2. The van der Waals surface area contributed by atoms with Crippen molar-refractivity contribution in [1.29, 1.82) is 0 Å². The number of likely N-dealkylation sites (tertiary alicyclic amines) is 2. The Balaban J connectivity index is 1.50. The summed E-state index contributed by atoms with van der Waals surface area (Å²) in [5.41, 5.74) is 0.917. The van der Waals surface area contributed by atoms with E-state index in [1.54, 1.807) is 11.1 Å². The molecule has 2 aliphatic heterocycles. The predicted molar refractivity (Wildman–Crippen MR) is 79.4 cm³/mol. The molecule has 1 atom stereocenters. The van der Waals surface area contributed by atoms with Gasteiger partial charge in [0, 0.05) is 31.6 Å². The van der Waals surface area contributed by atoms with Crippen LogP contribution in [0.25, 0.3) is 0 Å². The maximum absolute atomic E-state index is 12.0. The van der Waals surface area contributed by atoms with Crippen LogP contribution in [0.2, 0.25) is 0 Å². The van der Waals surface area contributed by atoms with Crippen LogP contribution in [0, 0.1) is 5.92 Å². The second-order valence-corrected chi connectivity index (χ2v) is 5.93. The van der Waals surface area contributed by atoms with E-state index in [0.29, 0.717) is 6.42 Å². The van der Waals surface area contributed by atoms with E-state index in [4.69, 9.17) is 0 Å². The molecule has 0 saturated carbocycles. The minimum absolute atomic E-state index is 0.0340. The van der Waals surface area contributed by atoms with Crippen molar-refractivity contribution in [2.45, 2.75) is 32.2 Å². The fourth-order valence-corrected chi connectivity index (χ4v) is 3.18. The molecule has 0 bridgehead atoms. The van der Waals surface area contributed by atoms with Crippen molar-refractivity contribution in [3.05, 3.63) is 24.7 Å². The molecule has 0 radical (unpaired) electrons. The highest BCUT2D eigenvalue weighted by Crippen LogP contribution is 2.21. The molecule has 2 saturated heterocycles. The summed E-state index contributed by atoms with van der Waals surface area (Å²) >= 11 is 0. The van der Waals surface area contributed by atoms with Gasteiger partial charge in [-0.2, -0.15) is 0 Å². The summed E-state index contributed by atoms with van der Waals surface area (Å²) in [5.74, 6) is 0.198. The Hall–Kier alpha value is -1.69. The Morgan fingerprint density at radius 1 is 1.29 bits per heavy atom. The van der Waals surface area contributed by atoms with Crippen molar-refractivity contribution >= 4 is 5.91 Å². The molecule has 0 aromatic carbocycles. The van der Waals surface area contributed by atoms with Crippen molar-refractivity contribution in [3.63, 3.8) is 0 Å². The zero-order chi connectivity index (χ0) is 14.7. The molecule has 3 rings (SSSR count). The molecule has 1 aromatic heterocycles. The van der Waals surface area contributed by atoms with Crippen LogP contribution in [0.3, 0.4) is 0 Å². The average Bonchev–Trinajstić information content (AvgIpc) is 3.21. The molecule has 2 fully saturated rings. The quantitative estimate of drug-likeness (QED) is 0.781. The Labute approximate surface area is 125 Å². The van der Waals surface area contributed by atoms with Gasteiger partial charge in [-0.25, -0.2) is 0 Å². The third-order valence-electron chi connectivity index (χ3n) is 4.46. The van der Waals surface area contributed by atoms with Gasteiger partial charge in [0.2, 0.25) is 5.91 Å². The van der Waals surface area contributed by atoms with Crippen molar-refractivity contribution in [3.8, 4) is 0 Å². The molecule has 1 amide bonds. The summed E-state index contributed by atoms with van der Waals surface area (Å²) in [7, 11) is 0. The van der Waals surface area contributed by atoms with Gasteiger partial charge < -0.3 is 9.80 Å². The van der Waals surface area contributed by atoms with E-state index in [9.17, 15) is 4.79 Å². The van der Waals surface area contributed by atoms with Crippen molar-refractivity contribution < 1.29 is 4.79 Å². The third kappa shape index (κ3) is 3.32. The SMILES string of the molecule is C=CN1CCC(Cc2cn(CCN3CCCC3)nn2)C1=O. The van der Waals surface area contributed by atoms with Crippen LogP contribution < -0.4 is 0 Å². The average molecular weight is 289 g/mol. The van der Waals surface area contributed by atoms with E-state index in [1.807, 2.05) is 10.9 Å². The van der Waals surface area contributed by atoms with Crippen molar-refractivity contribution in [2.75, 3.05) is 26.2 Å². The van der Waals surface area contributed by atoms with Crippen LogP contribution in [0.5, 0.6) is 0 Å². The zero-order valence-electron chi connectivity index (χ0n) is 12.4. The first-order chi connectivity index (χ1) is 10.3. The van der Waals surface area contributed by atoms with Gasteiger partial charge in [0.15, 0.2) is 0 Å². The second kappa shape index (κ2) is 6.39. The lowest BCUT2D eigenvalue weighted by Crippen LogP contribution is -2.24. The molecule has 21 heavy (non-hydrogen) atoms. The number of hydrogen-bond acceptors (Lipinski definition) is 4. The molecule has 1 aromatic rings. The summed E-state index contributed by atoms with van der Waals surface area (Å²) in [6.07, 6.45) is 7.80. The lowest BCUT2D eigenvalue weighted by molar-refractivity contribution is -0.128. The first-order valence-electron chi connectivity index (χ1n) is 7.80. The van der Waals surface area contributed by atoms with Crippen LogP contribution in [-0.2, 0) is 17.8 Å². The maximum Gasteiger partial charge on any atom is 0.230 e. The zero-order valence-corrected chi connectivity index (χ0v) is 12.4. The first kappa shape index (κ1) is 14.3. The van der Waals surface area contributed by atoms with Crippen molar-refractivity contribution in [2.24, 2.45) is 5.92 Å². The van der Waals surface area contributed by atoms with E-state index in [1.165, 1.54) is 25.9 Å². The highest BCUT2D eigenvalue weighted by molar-refractivity contribution is 5.81. The van der Waals surface area contributed by atoms with E-state index in [0.717, 1.165) is 31.7 Å². The van der Waals surface area contributed by atoms with Crippen molar-refractivity contribution in [1.82, 2.24) is 24.8 Å². The molecule has 0 spiro atoms. The van der Waals surface area contributed by atoms with Crippen LogP contribution in [0.4, 0.5) is 0 Å². The lowest BCUT2D eigenvalue weighted by Gasteiger charge is -2.13. The van der Waals surface area contributed by atoms with Crippen LogP contribution in [0.15, 0.2) is 19.0 Å². The number of carbonyl (C=O) groups is 1. The van der Waals surface area contributed by atoms with Gasteiger partial charge >= 0.3 is 0 Å². The molecule has 114 valence electrons. The third-order valence-corrected chi connectivity index (χ3v) is 4.46. The fraction of sp³-hybridized carbons (Fsp3) is 0.667. The van der Waals surface area contributed by atoms with Gasteiger partial charge in [-0.05, 0) is 38.6 Å². The standard InChI is InChI=1S/C15H23N5O/c1-2-19-8-5-13(15(19)21)11-14-12-20(17-16-14)10-9-18-6-3-4-7-18/h2,12-13H,1,3-11H2. The number of carbonyl (C=O) groups excluding carboxylic acids is 1. The van der Waals surface area contributed by atoms with E-state index >= 15 is 0 Å². The molecular formula is C15H23N5O. The Morgan fingerprint density at radius 3 is 2.81 bits per heavy atom. The number of aromatic nitrogens is 3. The van der Waals surface area contributed by atoms with Crippen LogP contribution >= 0.6 is 0 Å². The fourth-order valence-electron chi connectivity index (χ4n) is 3.18. The lowest BCUT2D eigenvalue weighted by atomic mass is 10.0. The monoisotopic (exact) mass is 289 g/mol. The van der Waals surface area contributed by atoms with Gasteiger partial charge in [-0.15, -0.1) is 5.10 Å². The molecule has 6 nitrogen and oxygen atoms in total. The molecule has 6 heteroatoms.